The highest BCUT2D eigenvalue weighted by atomic mass is 16.5. The molecule has 17 heavy (non-hydrogen) atoms. The number of carbonyl (C=O) groups is 2. The zero-order chi connectivity index (χ0) is 13.2. The van der Waals surface area contributed by atoms with Gasteiger partial charge in [-0.15, -0.1) is 0 Å². The third kappa shape index (κ3) is 2.49. The maximum atomic E-state index is 11.7. The number of hydrogen-bond acceptors (Lipinski definition) is 4. The molecule has 0 fully saturated rings. The third-order valence-corrected chi connectivity index (χ3v) is 2.93. The molecule has 94 valence electrons. The van der Waals surface area contributed by atoms with Crippen molar-refractivity contribution < 1.29 is 19.4 Å². The summed E-state index contributed by atoms with van der Waals surface area (Å²) in [5.74, 6) is -1.66. The van der Waals surface area contributed by atoms with Crippen LogP contribution in [0.1, 0.15) is 27.7 Å². The van der Waals surface area contributed by atoms with Crippen molar-refractivity contribution in [1.29, 1.82) is 0 Å². The molecule has 1 atom stereocenters. The number of aliphatic carboxylic acids is 1. The lowest BCUT2D eigenvalue weighted by molar-refractivity contribution is -0.146. The first-order valence-corrected chi connectivity index (χ1v) is 5.45. The van der Waals surface area contributed by atoms with E-state index in [9.17, 15) is 14.7 Å². The van der Waals surface area contributed by atoms with Crippen LogP contribution in [0.3, 0.4) is 0 Å². The normalized spacial score (nSPS) is 20.1. The Hall–Kier alpha value is -1.78. The van der Waals surface area contributed by atoms with Crippen LogP contribution in [0, 0.1) is 0 Å². The summed E-state index contributed by atoms with van der Waals surface area (Å²) in [6.45, 7) is 7.25. The minimum Gasteiger partial charge on any atom is -0.478 e. The molecule has 0 aromatic heterocycles. The first kappa shape index (κ1) is 13.3. The van der Waals surface area contributed by atoms with Crippen molar-refractivity contribution in [3.63, 3.8) is 0 Å². The number of esters is 1. The SMILES string of the molecule is CCOC(=O)C1NC(C)=C(C)C(C)=C1C(=O)O. The van der Waals surface area contributed by atoms with Crippen LogP contribution in [0.25, 0.3) is 0 Å². The fraction of sp³-hybridized carbons (Fsp3) is 0.500. The summed E-state index contributed by atoms with van der Waals surface area (Å²) in [6, 6.07) is -0.920. The standard InChI is InChI=1S/C12H17NO4/c1-5-17-12(16)10-9(11(14)15)7(3)6(2)8(4)13-10/h10,13H,5H2,1-4H3,(H,14,15). The second-order valence-electron chi connectivity index (χ2n) is 3.92. The van der Waals surface area contributed by atoms with Crippen LogP contribution in [-0.4, -0.2) is 29.7 Å². The van der Waals surface area contributed by atoms with Gasteiger partial charge in [0, 0.05) is 5.70 Å². The van der Waals surface area contributed by atoms with Crippen molar-refractivity contribution in [2.75, 3.05) is 6.61 Å². The Labute approximate surface area is 100 Å². The zero-order valence-electron chi connectivity index (χ0n) is 10.5. The van der Waals surface area contributed by atoms with Gasteiger partial charge >= 0.3 is 11.9 Å². The largest absolute Gasteiger partial charge is 0.478 e. The molecule has 5 heteroatoms. The second-order valence-corrected chi connectivity index (χ2v) is 3.92. The van der Waals surface area contributed by atoms with Crippen LogP contribution in [0.5, 0.6) is 0 Å². The highest BCUT2D eigenvalue weighted by Gasteiger charge is 2.34. The highest BCUT2D eigenvalue weighted by Crippen LogP contribution is 2.25. The van der Waals surface area contributed by atoms with E-state index in [0.29, 0.717) is 5.57 Å². The topological polar surface area (TPSA) is 75.6 Å². The lowest BCUT2D eigenvalue weighted by Gasteiger charge is -2.27. The molecule has 2 N–H and O–H groups in total. The summed E-state index contributed by atoms with van der Waals surface area (Å²) in [7, 11) is 0. The van der Waals surface area contributed by atoms with Gasteiger partial charge in [-0.1, -0.05) is 0 Å². The Morgan fingerprint density at radius 3 is 2.35 bits per heavy atom. The van der Waals surface area contributed by atoms with E-state index in [1.807, 2.05) is 13.8 Å². The predicted molar refractivity (Wildman–Crippen MR) is 62.3 cm³/mol. The van der Waals surface area contributed by atoms with Gasteiger partial charge in [-0.3, -0.25) is 0 Å². The molecular formula is C12H17NO4. The molecule has 0 radical (unpaired) electrons. The van der Waals surface area contributed by atoms with E-state index in [4.69, 9.17) is 4.74 Å². The molecule has 5 nitrogen and oxygen atoms in total. The third-order valence-electron chi connectivity index (χ3n) is 2.93. The summed E-state index contributed by atoms with van der Waals surface area (Å²) in [4.78, 5) is 22.9. The maximum absolute atomic E-state index is 11.7. The van der Waals surface area contributed by atoms with Gasteiger partial charge in [-0.2, -0.15) is 0 Å². The number of ether oxygens (including phenoxy) is 1. The number of rotatable bonds is 3. The van der Waals surface area contributed by atoms with E-state index in [-0.39, 0.29) is 12.2 Å². The highest BCUT2D eigenvalue weighted by molar-refractivity contribution is 5.98. The van der Waals surface area contributed by atoms with Gasteiger partial charge in [-0.05, 0) is 38.8 Å². The Morgan fingerprint density at radius 2 is 1.88 bits per heavy atom. The van der Waals surface area contributed by atoms with Crippen molar-refractivity contribution in [2.24, 2.45) is 0 Å². The van der Waals surface area contributed by atoms with Crippen LogP contribution < -0.4 is 5.32 Å². The molecule has 0 aromatic carbocycles. The van der Waals surface area contributed by atoms with Crippen LogP contribution in [0.15, 0.2) is 22.4 Å². The summed E-state index contributed by atoms with van der Waals surface area (Å²) < 4.78 is 4.87. The minimum absolute atomic E-state index is 0.0616. The van der Waals surface area contributed by atoms with Gasteiger partial charge in [0.05, 0.1) is 12.2 Å². The quantitative estimate of drug-likeness (QED) is 0.724. The molecule has 0 spiro atoms. The van der Waals surface area contributed by atoms with Crippen LogP contribution >= 0.6 is 0 Å². The average Bonchev–Trinajstić information content (AvgIpc) is 2.25. The van der Waals surface area contributed by atoms with E-state index in [1.165, 1.54) is 0 Å². The maximum Gasteiger partial charge on any atom is 0.334 e. The van der Waals surface area contributed by atoms with Crippen LogP contribution in [0.4, 0.5) is 0 Å². The number of carboxylic acids is 1. The van der Waals surface area contributed by atoms with E-state index in [1.54, 1.807) is 13.8 Å². The number of carbonyl (C=O) groups excluding carboxylic acids is 1. The molecule has 1 aliphatic heterocycles. The van der Waals surface area contributed by atoms with Crippen molar-refractivity contribution in [3.8, 4) is 0 Å². The summed E-state index contributed by atoms with van der Waals surface area (Å²) in [6.07, 6.45) is 0. The molecule has 1 unspecified atom stereocenters. The molecule has 0 bridgehead atoms. The van der Waals surface area contributed by atoms with Gasteiger partial charge in [0.2, 0.25) is 0 Å². The molecule has 0 saturated carbocycles. The second kappa shape index (κ2) is 5.03. The fourth-order valence-corrected chi connectivity index (χ4v) is 1.78. The summed E-state index contributed by atoms with van der Waals surface area (Å²) in [5.41, 5.74) is 2.33. The predicted octanol–water partition coefficient (Wildman–Crippen LogP) is 1.22. The van der Waals surface area contributed by atoms with Crippen molar-refractivity contribution in [1.82, 2.24) is 5.32 Å². The van der Waals surface area contributed by atoms with Crippen molar-refractivity contribution >= 4 is 11.9 Å². The van der Waals surface area contributed by atoms with E-state index < -0.39 is 18.0 Å². The molecule has 1 heterocycles. The Morgan fingerprint density at radius 1 is 1.29 bits per heavy atom. The Bertz CT molecular complexity index is 420. The molecule has 0 saturated heterocycles. The lowest BCUT2D eigenvalue weighted by atomic mass is 9.92. The van der Waals surface area contributed by atoms with Crippen LogP contribution in [0.2, 0.25) is 0 Å². The Kier molecular flexibility index (Phi) is 3.93. The number of allylic oxidation sites excluding steroid dienone is 3. The first-order valence-electron chi connectivity index (χ1n) is 5.45. The van der Waals surface area contributed by atoms with Gasteiger partial charge in [-0.25, -0.2) is 9.59 Å². The molecule has 1 rings (SSSR count). The van der Waals surface area contributed by atoms with E-state index in [0.717, 1.165) is 11.3 Å². The fourth-order valence-electron chi connectivity index (χ4n) is 1.78. The number of nitrogens with one attached hydrogen (secondary N) is 1. The van der Waals surface area contributed by atoms with Crippen molar-refractivity contribution in [3.05, 3.63) is 22.4 Å². The summed E-state index contributed by atoms with van der Waals surface area (Å²) in [5, 5.41) is 12.1. The average molecular weight is 239 g/mol. The zero-order valence-corrected chi connectivity index (χ0v) is 10.5. The van der Waals surface area contributed by atoms with Gasteiger partial charge in [0.1, 0.15) is 0 Å². The number of hydrogen-bond donors (Lipinski definition) is 2. The number of dihydropyridines is 1. The lowest BCUT2D eigenvalue weighted by Crippen LogP contribution is -2.44. The van der Waals surface area contributed by atoms with Gasteiger partial charge in [0.15, 0.2) is 6.04 Å². The first-order chi connectivity index (χ1) is 7.90. The molecule has 0 aliphatic carbocycles. The number of carboxylic acid groups (broad SMARTS) is 1. The molecular weight excluding hydrogens is 222 g/mol. The summed E-state index contributed by atoms with van der Waals surface area (Å²) >= 11 is 0. The minimum atomic E-state index is -1.10. The van der Waals surface area contributed by atoms with E-state index in [2.05, 4.69) is 5.32 Å². The smallest absolute Gasteiger partial charge is 0.334 e. The Balaban J connectivity index is 3.18. The van der Waals surface area contributed by atoms with E-state index >= 15 is 0 Å². The molecule has 0 aromatic rings. The van der Waals surface area contributed by atoms with Crippen LogP contribution in [-0.2, 0) is 14.3 Å². The molecule has 0 amide bonds. The van der Waals surface area contributed by atoms with Gasteiger partial charge < -0.3 is 15.2 Å². The monoisotopic (exact) mass is 239 g/mol. The van der Waals surface area contributed by atoms with Crippen molar-refractivity contribution in [2.45, 2.75) is 33.7 Å². The molecule has 1 aliphatic rings. The van der Waals surface area contributed by atoms with Gasteiger partial charge in [0.25, 0.3) is 0 Å².